The number of ether oxygens (including phenoxy) is 2. The summed E-state index contributed by atoms with van der Waals surface area (Å²) in [5.41, 5.74) is 6.53. The van der Waals surface area contributed by atoms with Gasteiger partial charge < -0.3 is 24.5 Å². The maximum atomic E-state index is 12.5. The second kappa shape index (κ2) is 14.0. The Morgan fingerprint density at radius 3 is 2.50 bits per heavy atom. The van der Waals surface area contributed by atoms with Crippen molar-refractivity contribution in [3.05, 3.63) is 138 Å². The summed E-state index contributed by atoms with van der Waals surface area (Å²) in [6.07, 6.45) is 6.95. The normalized spacial score (nSPS) is 18.2. The van der Waals surface area contributed by atoms with Gasteiger partial charge in [-0.25, -0.2) is 4.98 Å². The molecule has 2 aromatic heterocycles. The van der Waals surface area contributed by atoms with E-state index >= 15 is 0 Å². The predicted octanol–water partition coefficient (Wildman–Crippen LogP) is 6.24. The number of aromatic nitrogens is 3. The summed E-state index contributed by atoms with van der Waals surface area (Å²) >= 11 is 1.68. The molecule has 2 N–H and O–H groups in total. The van der Waals surface area contributed by atoms with Crippen LogP contribution >= 0.6 is 11.8 Å². The lowest BCUT2D eigenvalue weighted by atomic mass is 9.99. The van der Waals surface area contributed by atoms with E-state index in [9.17, 15) is 9.90 Å². The summed E-state index contributed by atoms with van der Waals surface area (Å²) in [4.78, 5) is 20.9. The summed E-state index contributed by atoms with van der Waals surface area (Å²) in [5, 5.41) is 13.4. The minimum Gasteiger partial charge on any atom is -0.392 e. The Kier molecular flexibility index (Phi) is 9.48. The van der Waals surface area contributed by atoms with E-state index in [-0.39, 0.29) is 24.7 Å². The van der Waals surface area contributed by atoms with Gasteiger partial charge in [-0.1, -0.05) is 78.5 Å². The van der Waals surface area contributed by atoms with E-state index in [1.807, 2.05) is 54.2 Å². The molecule has 1 aliphatic rings. The Labute approximate surface area is 261 Å². The topological polar surface area (TPSA) is 98.5 Å². The van der Waals surface area contributed by atoms with Crippen LogP contribution in [0.4, 0.5) is 0 Å². The van der Waals surface area contributed by atoms with Gasteiger partial charge in [-0.2, -0.15) is 0 Å². The molecule has 224 valence electrons. The summed E-state index contributed by atoms with van der Waals surface area (Å²) in [6.45, 7) is 0.428. The highest BCUT2D eigenvalue weighted by atomic mass is 32.2. The van der Waals surface area contributed by atoms with Gasteiger partial charge in [0.2, 0.25) is 0 Å². The van der Waals surface area contributed by atoms with Crippen molar-refractivity contribution in [3.8, 4) is 11.1 Å². The third kappa shape index (κ3) is 7.26. The molecule has 1 amide bonds. The molecule has 3 atom stereocenters. The van der Waals surface area contributed by atoms with Gasteiger partial charge in [0.1, 0.15) is 0 Å². The molecule has 6 rings (SSSR count). The average Bonchev–Trinajstić information content (AvgIpc) is 3.51. The number of hydrogen-bond acceptors (Lipinski definition) is 7. The first-order valence-electron chi connectivity index (χ1n) is 14.5. The molecule has 3 aromatic carbocycles. The molecule has 8 nitrogen and oxygen atoms in total. The van der Waals surface area contributed by atoms with Gasteiger partial charge in [-0.3, -0.25) is 9.78 Å². The van der Waals surface area contributed by atoms with Crippen molar-refractivity contribution in [3.63, 3.8) is 0 Å². The first-order chi connectivity index (χ1) is 21.6. The van der Waals surface area contributed by atoms with Crippen LogP contribution < -0.4 is 5.32 Å². The number of pyridine rings is 1. The molecule has 9 heteroatoms. The number of imidazole rings is 1. The Bertz CT molecular complexity index is 1680. The first kappa shape index (κ1) is 29.8. The molecule has 1 aliphatic heterocycles. The van der Waals surface area contributed by atoms with Gasteiger partial charge in [0.25, 0.3) is 5.91 Å². The van der Waals surface area contributed by atoms with Gasteiger partial charge in [-0.05, 0) is 46.0 Å². The van der Waals surface area contributed by atoms with Crippen molar-refractivity contribution in [1.29, 1.82) is 0 Å². The fourth-order valence-electron chi connectivity index (χ4n) is 5.16. The molecule has 0 saturated carbocycles. The molecule has 0 spiro atoms. The zero-order valence-electron chi connectivity index (χ0n) is 24.4. The van der Waals surface area contributed by atoms with Crippen LogP contribution in [-0.4, -0.2) is 37.4 Å². The zero-order valence-corrected chi connectivity index (χ0v) is 25.2. The lowest BCUT2D eigenvalue weighted by molar-refractivity contribution is -0.245. The number of nitrogens with one attached hydrogen (secondary N) is 1. The fourth-order valence-corrected chi connectivity index (χ4v) is 6.11. The maximum absolute atomic E-state index is 12.5. The molecule has 3 unspecified atom stereocenters. The number of hydrogen-bond donors (Lipinski definition) is 2. The van der Waals surface area contributed by atoms with Gasteiger partial charge in [0.05, 0.1) is 24.4 Å². The maximum Gasteiger partial charge on any atom is 0.253 e. The lowest BCUT2D eigenvalue weighted by Gasteiger charge is -2.36. The predicted molar refractivity (Wildman–Crippen MR) is 170 cm³/mol. The number of thioether (sulfide) groups is 1. The zero-order chi connectivity index (χ0) is 30.3. The molecule has 5 aromatic rings. The smallest absolute Gasteiger partial charge is 0.253 e. The van der Waals surface area contributed by atoms with Crippen LogP contribution in [0.3, 0.4) is 0 Å². The largest absolute Gasteiger partial charge is 0.392 e. The summed E-state index contributed by atoms with van der Waals surface area (Å²) < 4.78 is 15.0. The van der Waals surface area contributed by atoms with E-state index in [2.05, 4.69) is 51.7 Å². The Hall–Kier alpha value is -4.28. The van der Waals surface area contributed by atoms with Gasteiger partial charge in [-0.15, -0.1) is 0 Å². The number of aryl methyl sites for hydroxylation is 1. The van der Waals surface area contributed by atoms with Crippen LogP contribution in [0.1, 0.15) is 51.4 Å². The Morgan fingerprint density at radius 2 is 1.77 bits per heavy atom. The van der Waals surface area contributed by atoms with Crippen LogP contribution in [0.2, 0.25) is 0 Å². The van der Waals surface area contributed by atoms with Crippen molar-refractivity contribution >= 4 is 17.7 Å². The molecule has 44 heavy (non-hydrogen) atoms. The first-order valence-corrected chi connectivity index (χ1v) is 15.5. The molecular formula is C35H34N4O4S. The highest BCUT2D eigenvalue weighted by Gasteiger charge is 2.32. The van der Waals surface area contributed by atoms with E-state index < -0.39 is 6.29 Å². The second-order valence-corrected chi connectivity index (χ2v) is 11.7. The molecule has 3 heterocycles. The number of rotatable bonds is 10. The van der Waals surface area contributed by atoms with Crippen molar-refractivity contribution in [2.75, 3.05) is 5.75 Å². The SMILES string of the molecule is Cn1ccnc1SCC1CC(c2ccc(CO)cc2)OC(c2ccc(-c3cccc(CNC(=O)c4cccnc4)c3)cc2)O1. The molecule has 0 radical (unpaired) electrons. The minimum absolute atomic E-state index is 0.00969. The monoisotopic (exact) mass is 606 g/mol. The summed E-state index contributed by atoms with van der Waals surface area (Å²) in [5.74, 6) is 0.595. The van der Waals surface area contributed by atoms with Crippen LogP contribution in [0.5, 0.6) is 0 Å². The third-order valence-corrected chi connectivity index (χ3v) is 8.80. The van der Waals surface area contributed by atoms with E-state index in [4.69, 9.17) is 9.47 Å². The molecular weight excluding hydrogens is 572 g/mol. The number of carbonyl (C=O) groups excluding carboxylic acids is 1. The second-order valence-electron chi connectivity index (χ2n) is 10.7. The van der Waals surface area contributed by atoms with Crippen molar-refractivity contribution < 1.29 is 19.4 Å². The minimum atomic E-state index is -0.527. The third-order valence-electron chi connectivity index (χ3n) is 7.61. The molecule has 1 fully saturated rings. The molecule has 0 aliphatic carbocycles. The van der Waals surface area contributed by atoms with Gasteiger partial charge in [0.15, 0.2) is 11.4 Å². The van der Waals surface area contributed by atoms with E-state index in [0.717, 1.165) is 44.3 Å². The Balaban J connectivity index is 1.16. The standard InChI is InChI=1S/C35H34N4O4S/c1-39-17-16-37-35(39)44-23-31-19-32(27-9-7-24(22-40)8-10-27)43-34(42-31)28-13-11-26(12-14-28)29-5-2-4-25(18-29)20-38-33(41)30-6-3-15-36-21-30/h2-18,21,31-32,34,40H,19-20,22-23H2,1H3,(H,38,41). The van der Waals surface area contributed by atoms with Gasteiger partial charge >= 0.3 is 0 Å². The summed E-state index contributed by atoms with van der Waals surface area (Å²) in [7, 11) is 1.99. The number of nitrogens with zero attached hydrogens (tertiary/aromatic N) is 3. The van der Waals surface area contributed by atoms with E-state index in [1.165, 1.54) is 0 Å². The number of benzene rings is 3. The highest BCUT2D eigenvalue weighted by molar-refractivity contribution is 7.99. The van der Waals surface area contributed by atoms with Gasteiger partial charge in [0, 0.05) is 56.1 Å². The van der Waals surface area contributed by atoms with Crippen LogP contribution in [0, 0.1) is 0 Å². The van der Waals surface area contributed by atoms with E-state index in [1.54, 1.807) is 42.5 Å². The summed E-state index contributed by atoms with van der Waals surface area (Å²) in [6, 6.07) is 27.8. The van der Waals surface area contributed by atoms with Crippen LogP contribution in [0.25, 0.3) is 11.1 Å². The van der Waals surface area contributed by atoms with Crippen molar-refractivity contribution in [1.82, 2.24) is 19.9 Å². The number of aliphatic hydroxyl groups excluding tert-OH is 1. The van der Waals surface area contributed by atoms with Crippen molar-refractivity contribution in [2.45, 2.75) is 43.2 Å². The number of carbonyl (C=O) groups is 1. The van der Waals surface area contributed by atoms with Crippen LogP contribution in [0.15, 0.2) is 115 Å². The van der Waals surface area contributed by atoms with Crippen molar-refractivity contribution in [2.24, 2.45) is 7.05 Å². The van der Waals surface area contributed by atoms with Crippen LogP contribution in [-0.2, 0) is 29.7 Å². The highest BCUT2D eigenvalue weighted by Crippen LogP contribution is 2.39. The fraction of sp³-hybridized carbons (Fsp3) is 0.229. The average molecular weight is 607 g/mol. The number of aliphatic hydroxyl groups is 1. The number of amides is 1. The lowest BCUT2D eigenvalue weighted by Crippen LogP contribution is -2.31. The molecule has 0 bridgehead atoms. The quantitative estimate of drug-likeness (QED) is 0.182. The molecule has 1 saturated heterocycles. The Morgan fingerprint density at radius 1 is 0.955 bits per heavy atom. The van der Waals surface area contributed by atoms with E-state index in [0.29, 0.717) is 18.5 Å².